The standard InChI is InChI=1S/C20H24N2O6S/c1-26-14-15-3-5-16(6-4-15)20(23)21-18-13-17(7-8-19(18)27-2)29(24,25)22-9-11-28-12-10-22/h3-8,13H,9-12,14H2,1-2H3,(H,21,23). The zero-order valence-corrected chi connectivity index (χ0v) is 17.2. The van der Waals surface area contributed by atoms with Gasteiger partial charge in [-0.05, 0) is 35.9 Å². The van der Waals surface area contributed by atoms with Crippen LogP contribution < -0.4 is 10.1 Å². The van der Waals surface area contributed by atoms with Crippen molar-refractivity contribution in [2.75, 3.05) is 45.8 Å². The molecule has 1 amide bonds. The van der Waals surface area contributed by atoms with Crippen molar-refractivity contribution >= 4 is 21.6 Å². The average molecular weight is 420 g/mol. The molecule has 0 atom stereocenters. The molecule has 1 aliphatic rings. The molecule has 0 aliphatic carbocycles. The zero-order valence-electron chi connectivity index (χ0n) is 16.4. The summed E-state index contributed by atoms with van der Waals surface area (Å²) in [6, 6.07) is 11.4. The van der Waals surface area contributed by atoms with E-state index in [1.165, 1.54) is 29.6 Å². The van der Waals surface area contributed by atoms with Crippen LogP contribution in [-0.2, 0) is 26.1 Å². The monoisotopic (exact) mass is 420 g/mol. The van der Waals surface area contributed by atoms with Gasteiger partial charge >= 0.3 is 0 Å². The van der Waals surface area contributed by atoms with E-state index in [-0.39, 0.29) is 16.5 Å². The highest BCUT2D eigenvalue weighted by Crippen LogP contribution is 2.29. The van der Waals surface area contributed by atoms with Crippen molar-refractivity contribution in [3.8, 4) is 5.75 Å². The molecule has 2 aromatic carbocycles. The van der Waals surface area contributed by atoms with Crippen molar-refractivity contribution < 1.29 is 27.4 Å². The number of ether oxygens (including phenoxy) is 3. The number of sulfonamides is 1. The topological polar surface area (TPSA) is 94.2 Å². The lowest BCUT2D eigenvalue weighted by molar-refractivity contribution is 0.0730. The van der Waals surface area contributed by atoms with Crippen LogP contribution in [0.5, 0.6) is 5.75 Å². The summed E-state index contributed by atoms with van der Waals surface area (Å²) in [6.07, 6.45) is 0. The predicted molar refractivity (Wildman–Crippen MR) is 108 cm³/mol. The first-order valence-electron chi connectivity index (χ1n) is 9.11. The molecule has 0 spiro atoms. The number of carbonyl (C=O) groups excluding carboxylic acids is 1. The fourth-order valence-corrected chi connectivity index (χ4v) is 4.43. The van der Waals surface area contributed by atoms with Crippen molar-refractivity contribution in [1.29, 1.82) is 0 Å². The second-order valence-corrected chi connectivity index (χ2v) is 8.40. The first-order chi connectivity index (χ1) is 14.0. The average Bonchev–Trinajstić information content (AvgIpc) is 2.75. The van der Waals surface area contributed by atoms with E-state index in [0.717, 1.165) is 5.56 Å². The van der Waals surface area contributed by atoms with Crippen molar-refractivity contribution in [3.05, 3.63) is 53.6 Å². The van der Waals surface area contributed by atoms with Crippen LogP contribution in [0.25, 0.3) is 0 Å². The Labute approximate surface area is 170 Å². The number of nitrogens with one attached hydrogen (secondary N) is 1. The molecule has 3 rings (SSSR count). The van der Waals surface area contributed by atoms with E-state index < -0.39 is 10.0 Å². The van der Waals surface area contributed by atoms with E-state index >= 15 is 0 Å². The molecule has 1 heterocycles. The lowest BCUT2D eigenvalue weighted by Crippen LogP contribution is -2.40. The van der Waals surface area contributed by atoms with Gasteiger partial charge in [-0.3, -0.25) is 4.79 Å². The quantitative estimate of drug-likeness (QED) is 0.737. The number of morpholine rings is 1. The third-order valence-corrected chi connectivity index (χ3v) is 6.45. The molecule has 0 radical (unpaired) electrons. The maximum absolute atomic E-state index is 12.9. The minimum Gasteiger partial charge on any atom is -0.495 e. The molecule has 0 bridgehead atoms. The van der Waals surface area contributed by atoms with Gasteiger partial charge < -0.3 is 19.5 Å². The molecular formula is C20H24N2O6S. The summed E-state index contributed by atoms with van der Waals surface area (Å²) in [5.41, 5.74) is 1.67. The minimum atomic E-state index is -3.69. The number of methoxy groups -OCH3 is 2. The van der Waals surface area contributed by atoms with Gasteiger partial charge in [0.05, 0.1) is 37.5 Å². The fourth-order valence-electron chi connectivity index (χ4n) is 2.99. The van der Waals surface area contributed by atoms with Crippen molar-refractivity contribution in [2.24, 2.45) is 0 Å². The third-order valence-electron chi connectivity index (χ3n) is 4.55. The van der Waals surface area contributed by atoms with Gasteiger partial charge in [-0.1, -0.05) is 12.1 Å². The highest BCUT2D eigenvalue weighted by molar-refractivity contribution is 7.89. The Balaban J connectivity index is 1.84. The molecule has 2 aromatic rings. The first kappa shape index (κ1) is 21.3. The summed E-state index contributed by atoms with van der Waals surface area (Å²) in [6.45, 7) is 1.76. The Kier molecular flexibility index (Phi) is 6.86. The Hall–Kier alpha value is -2.46. The molecule has 156 valence electrons. The second kappa shape index (κ2) is 9.36. The Morgan fingerprint density at radius 3 is 2.41 bits per heavy atom. The van der Waals surface area contributed by atoms with E-state index in [4.69, 9.17) is 14.2 Å². The van der Waals surface area contributed by atoms with Crippen LogP contribution in [0.1, 0.15) is 15.9 Å². The summed E-state index contributed by atoms with van der Waals surface area (Å²) in [5, 5.41) is 2.74. The van der Waals surface area contributed by atoms with Crippen LogP contribution in [0, 0.1) is 0 Å². The predicted octanol–water partition coefficient (Wildman–Crippen LogP) is 2.11. The smallest absolute Gasteiger partial charge is 0.255 e. The normalized spacial score (nSPS) is 15.1. The summed E-state index contributed by atoms with van der Waals surface area (Å²) in [5.74, 6) is 0.00321. The number of rotatable bonds is 7. The van der Waals surface area contributed by atoms with Crippen LogP contribution in [0.2, 0.25) is 0 Å². The van der Waals surface area contributed by atoms with E-state index in [1.807, 2.05) is 0 Å². The van der Waals surface area contributed by atoms with Crippen molar-refractivity contribution in [2.45, 2.75) is 11.5 Å². The minimum absolute atomic E-state index is 0.0888. The third kappa shape index (κ3) is 4.94. The van der Waals surface area contributed by atoms with Crippen LogP contribution in [0.15, 0.2) is 47.4 Å². The van der Waals surface area contributed by atoms with Gasteiger partial charge in [0.2, 0.25) is 10.0 Å². The van der Waals surface area contributed by atoms with Gasteiger partial charge in [0, 0.05) is 25.8 Å². The summed E-state index contributed by atoms with van der Waals surface area (Å²) < 4.78 is 42.7. The maximum atomic E-state index is 12.9. The lowest BCUT2D eigenvalue weighted by atomic mass is 10.1. The molecule has 0 aromatic heterocycles. The number of amides is 1. The number of nitrogens with zero attached hydrogens (tertiary/aromatic N) is 1. The van der Waals surface area contributed by atoms with Gasteiger partial charge in [0.1, 0.15) is 5.75 Å². The first-order valence-corrected chi connectivity index (χ1v) is 10.5. The maximum Gasteiger partial charge on any atom is 0.255 e. The van der Waals surface area contributed by atoms with Gasteiger partial charge in [-0.25, -0.2) is 8.42 Å². The van der Waals surface area contributed by atoms with Crippen LogP contribution in [0.3, 0.4) is 0 Å². The van der Waals surface area contributed by atoms with Crippen LogP contribution in [0.4, 0.5) is 5.69 Å². The second-order valence-electron chi connectivity index (χ2n) is 6.46. The zero-order chi connectivity index (χ0) is 20.9. The fraction of sp³-hybridized carbons (Fsp3) is 0.350. The molecule has 1 fully saturated rings. The van der Waals surface area contributed by atoms with Crippen LogP contribution in [-0.4, -0.2) is 59.2 Å². The molecule has 8 nitrogen and oxygen atoms in total. The molecular weight excluding hydrogens is 396 g/mol. The summed E-state index contributed by atoms with van der Waals surface area (Å²) in [4.78, 5) is 12.7. The van der Waals surface area contributed by atoms with Crippen molar-refractivity contribution in [1.82, 2.24) is 4.31 Å². The van der Waals surface area contributed by atoms with E-state index in [1.54, 1.807) is 31.4 Å². The molecule has 1 aliphatic heterocycles. The van der Waals surface area contributed by atoms with Gasteiger partial charge in [0.25, 0.3) is 5.91 Å². The number of benzene rings is 2. The Morgan fingerprint density at radius 1 is 1.10 bits per heavy atom. The highest BCUT2D eigenvalue weighted by atomic mass is 32.2. The molecule has 0 unspecified atom stereocenters. The SMILES string of the molecule is COCc1ccc(C(=O)Nc2cc(S(=O)(=O)N3CCOCC3)ccc2OC)cc1. The Morgan fingerprint density at radius 2 is 1.79 bits per heavy atom. The molecule has 29 heavy (non-hydrogen) atoms. The number of anilines is 1. The molecule has 1 N–H and O–H groups in total. The van der Waals surface area contributed by atoms with Gasteiger partial charge in [-0.2, -0.15) is 4.31 Å². The van der Waals surface area contributed by atoms with Gasteiger partial charge in [0.15, 0.2) is 0 Å². The van der Waals surface area contributed by atoms with E-state index in [0.29, 0.717) is 44.2 Å². The molecule has 1 saturated heterocycles. The molecule has 9 heteroatoms. The summed E-state index contributed by atoms with van der Waals surface area (Å²) >= 11 is 0. The lowest BCUT2D eigenvalue weighted by Gasteiger charge is -2.26. The number of carbonyl (C=O) groups is 1. The van der Waals surface area contributed by atoms with Crippen molar-refractivity contribution in [3.63, 3.8) is 0 Å². The van der Waals surface area contributed by atoms with Gasteiger partial charge in [-0.15, -0.1) is 0 Å². The molecule has 0 saturated carbocycles. The largest absolute Gasteiger partial charge is 0.495 e. The number of hydrogen-bond donors (Lipinski definition) is 1. The number of hydrogen-bond acceptors (Lipinski definition) is 6. The van der Waals surface area contributed by atoms with Crippen LogP contribution >= 0.6 is 0 Å². The summed E-state index contributed by atoms with van der Waals surface area (Å²) in [7, 11) is -0.628. The Bertz CT molecular complexity index is 953. The van der Waals surface area contributed by atoms with E-state index in [2.05, 4.69) is 5.32 Å². The van der Waals surface area contributed by atoms with E-state index in [9.17, 15) is 13.2 Å². The highest BCUT2D eigenvalue weighted by Gasteiger charge is 2.27.